The van der Waals surface area contributed by atoms with E-state index < -0.39 is 6.10 Å². The van der Waals surface area contributed by atoms with Crippen molar-refractivity contribution < 1.29 is 9.63 Å². The van der Waals surface area contributed by atoms with Crippen LogP contribution in [0.2, 0.25) is 10.0 Å². The maximum Gasteiger partial charge on any atom is 0.255 e. The summed E-state index contributed by atoms with van der Waals surface area (Å²) >= 11 is 11.7. The van der Waals surface area contributed by atoms with Crippen LogP contribution in [0.5, 0.6) is 0 Å². The summed E-state index contributed by atoms with van der Waals surface area (Å²) < 4.78 is 4.86. The second-order valence-corrected chi connectivity index (χ2v) is 4.08. The predicted octanol–water partition coefficient (Wildman–Crippen LogP) is 3.10. The van der Waals surface area contributed by atoms with E-state index >= 15 is 0 Å². The molecule has 0 saturated carbocycles. The Morgan fingerprint density at radius 3 is 2.62 bits per heavy atom. The lowest BCUT2D eigenvalue weighted by Crippen LogP contribution is -1.90. The zero-order valence-electron chi connectivity index (χ0n) is 8.32. The third-order valence-electron chi connectivity index (χ3n) is 1.98. The van der Waals surface area contributed by atoms with Gasteiger partial charge in [-0.05, 0) is 25.1 Å². The first kappa shape index (κ1) is 11.4. The van der Waals surface area contributed by atoms with Crippen molar-refractivity contribution >= 4 is 23.2 Å². The minimum Gasteiger partial charge on any atom is -0.384 e. The summed E-state index contributed by atoms with van der Waals surface area (Å²) in [5.41, 5.74) is 0.685. The Morgan fingerprint density at radius 1 is 1.31 bits per heavy atom. The van der Waals surface area contributed by atoms with Crippen LogP contribution >= 0.6 is 23.2 Å². The quantitative estimate of drug-likeness (QED) is 0.900. The fourth-order valence-electron chi connectivity index (χ4n) is 1.16. The van der Waals surface area contributed by atoms with Gasteiger partial charge in [-0.2, -0.15) is 4.98 Å². The molecule has 84 valence electrons. The number of nitrogens with zero attached hydrogens (tertiary/aromatic N) is 2. The van der Waals surface area contributed by atoms with Gasteiger partial charge in [-0.3, -0.25) is 0 Å². The van der Waals surface area contributed by atoms with Gasteiger partial charge in [0.1, 0.15) is 6.10 Å². The van der Waals surface area contributed by atoms with Gasteiger partial charge in [0.25, 0.3) is 5.89 Å². The van der Waals surface area contributed by atoms with Crippen LogP contribution in [-0.4, -0.2) is 15.2 Å². The number of hydrogen-bond acceptors (Lipinski definition) is 4. The fourth-order valence-corrected chi connectivity index (χ4v) is 1.46. The van der Waals surface area contributed by atoms with Crippen LogP contribution in [0.4, 0.5) is 0 Å². The number of aliphatic hydroxyl groups excluding tert-OH is 1. The number of benzene rings is 1. The van der Waals surface area contributed by atoms with Crippen molar-refractivity contribution in [3.05, 3.63) is 34.1 Å². The summed E-state index contributed by atoms with van der Waals surface area (Å²) in [5, 5.41) is 13.9. The molecule has 1 N–H and O–H groups in total. The molecular weight excluding hydrogens is 251 g/mol. The molecule has 1 unspecified atom stereocenters. The van der Waals surface area contributed by atoms with Gasteiger partial charge in [-0.15, -0.1) is 0 Å². The molecule has 0 aliphatic rings. The number of aliphatic hydroxyl groups is 1. The Morgan fingerprint density at radius 2 is 2.06 bits per heavy atom. The summed E-state index contributed by atoms with van der Waals surface area (Å²) in [6, 6.07) is 5.02. The molecule has 0 fully saturated rings. The Balaban J connectivity index is 2.39. The second kappa shape index (κ2) is 4.41. The summed E-state index contributed by atoms with van der Waals surface area (Å²) in [5.74, 6) is 0.538. The molecule has 0 aliphatic carbocycles. The van der Waals surface area contributed by atoms with Crippen LogP contribution in [0.3, 0.4) is 0 Å². The summed E-state index contributed by atoms with van der Waals surface area (Å²) in [4.78, 5) is 4.02. The number of hydrogen-bond donors (Lipinski definition) is 1. The van der Waals surface area contributed by atoms with Gasteiger partial charge >= 0.3 is 0 Å². The third kappa shape index (κ3) is 2.19. The van der Waals surface area contributed by atoms with Crippen molar-refractivity contribution in [3.63, 3.8) is 0 Å². The van der Waals surface area contributed by atoms with E-state index in [-0.39, 0.29) is 5.89 Å². The van der Waals surface area contributed by atoms with Gasteiger partial charge in [0.05, 0.1) is 10.0 Å². The van der Waals surface area contributed by atoms with Gasteiger partial charge in [-0.1, -0.05) is 28.4 Å². The lowest BCUT2D eigenvalue weighted by molar-refractivity contribution is 0.152. The van der Waals surface area contributed by atoms with Crippen LogP contribution in [0.25, 0.3) is 11.4 Å². The van der Waals surface area contributed by atoms with Gasteiger partial charge in [0.2, 0.25) is 5.82 Å². The van der Waals surface area contributed by atoms with E-state index in [9.17, 15) is 5.11 Å². The second-order valence-electron chi connectivity index (χ2n) is 3.26. The highest BCUT2D eigenvalue weighted by Crippen LogP contribution is 2.27. The molecule has 0 saturated heterocycles. The zero-order chi connectivity index (χ0) is 11.7. The van der Waals surface area contributed by atoms with Gasteiger partial charge in [-0.25, -0.2) is 0 Å². The van der Waals surface area contributed by atoms with Crippen molar-refractivity contribution in [1.82, 2.24) is 10.1 Å². The maximum atomic E-state index is 9.24. The minimum absolute atomic E-state index is 0.168. The van der Waals surface area contributed by atoms with E-state index in [2.05, 4.69) is 10.1 Å². The average molecular weight is 259 g/mol. The molecule has 1 heterocycles. The van der Waals surface area contributed by atoms with Crippen molar-refractivity contribution in [3.8, 4) is 11.4 Å². The molecule has 1 aromatic carbocycles. The molecule has 0 bridgehead atoms. The van der Waals surface area contributed by atoms with E-state index in [4.69, 9.17) is 27.7 Å². The molecule has 1 aromatic heterocycles. The molecule has 1 atom stereocenters. The van der Waals surface area contributed by atoms with E-state index in [0.29, 0.717) is 21.4 Å². The predicted molar refractivity (Wildman–Crippen MR) is 60.4 cm³/mol. The Bertz CT molecular complexity index is 511. The van der Waals surface area contributed by atoms with Crippen molar-refractivity contribution in [1.29, 1.82) is 0 Å². The highest BCUT2D eigenvalue weighted by molar-refractivity contribution is 6.42. The summed E-state index contributed by atoms with van der Waals surface area (Å²) in [6.07, 6.45) is -0.788. The standard InChI is InChI=1S/C10H8Cl2N2O2/c1-5(15)10-13-9(14-16-10)6-2-3-7(11)8(12)4-6/h2-5,15H,1H3. The number of halogens is 2. The van der Waals surface area contributed by atoms with Crippen LogP contribution in [0, 0.1) is 0 Å². The molecule has 0 spiro atoms. The molecule has 2 rings (SSSR count). The van der Waals surface area contributed by atoms with Crippen molar-refractivity contribution in [2.24, 2.45) is 0 Å². The average Bonchev–Trinajstić information content (AvgIpc) is 2.71. The molecule has 0 aliphatic heterocycles. The minimum atomic E-state index is -0.788. The zero-order valence-corrected chi connectivity index (χ0v) is 9.83. The van der Waals surface area contributed by atoms with Crippen LogP contribution < -0.4 is 0 Å². The summed E-state index contributed by atoms with van der Waals surface area (Å²) in [7, 11) is 0. The van der Waals surface area contributed by atoms with Gasteiger partial charge in [0.15, 0.2) is 0 Å². The first-order chi connectivity index (χ1) is 7.58. The topological polar surface area (TPSA) is 59.2 Å². The van der Waals surface area contributed by atoms with E-state index in [0.717, 1.165) is 0 Å². The lowest BCUT2D eigenvalue weighted by atomic mass is 10.2. The van der Waals surface area contributed by atoms with Gasteiger partial charge in [0, 0.05) is 5.56 Å². The SMILES string of the molecule is CC(O)c1nc(-c2ccc(Cl)c(Cl)c2)no1. The molecule has 2 aromatic rings. The maximum absolute atomic E-state index is 9.24. The Labute approximate surface area is 102 Å². The highest BCUT2D eigenvalue weighted by Gasteiger charge is 2.13. The molecule has 0 amide bonds. The van der Waals surface area contributed by atoms with E-state index in [1.165, 1.54) is 0 Å². The monoisotopic (exact) mass is 258 g/mol. The largest absolute Gasteiger partial charge is 0.384 e. The molecular formula is C10H8Cl2N2O2. The first-order valence-electron chi connectivity index (χ1n) is 4.55. The van der Waals surface area contributed by atoms with E-state index in [1.807, 2.05) is 0 Å². The summed E-state index contributed by atoms with van der Waals surface area (Å²) in [6.45, 7) is 1.55. The Kier molecular flexibility index (Phi) is 3.14. The molecule has 6 heteroatoms. The van der Waals surface area contributed by atoms with Crippen molar-refractivity contribution in [2.75, 3.05) is 0 Å². The van der Waals surface area contributed by atoms with Gasteiger partial charge < -0.3 is 9.63 Å². The van der Waals surface area contributed by atoms with Crippen LogP contribution in [0.1, 0.15) is 18.9 Å². The van der Waals surface area contributed by atoms with Crippen LogP contribution in [-0.2, 0) is 0 Å². The molecule has 4 nitrogen and oxygen atoms in total. The highest BCUT2D eigenvalue weighted by atomic mass is 35.5. The smallest absolute Gasteiger partial charge is 0.255 e. The normalized spacial score (nSPS) is 12.8. The molecule has 0 radical (unpaired) electrons. The Hall–Kier alpha value is -1.10. The third-order valence-corrected chi connectivity index (χ3v) is 2.72. The van der Waals surface area contributed by atoms with Crippen LogP contribution in [0.15, 0.2) is 22.7 Å². The van der Waals surface area contributed by atoms with Crippen molar-refractivity contribution in [2.45, 2.75) is 13.0 Å². The lowest BCUT2D eigenvalue weighted by Gasteiger charge is -1.97. The number of aromatic nitrogens is 2. The fraction of sp³-hybridized carbons (Fsp3) is 0.200. The number of rotatable bonds is 2. The van der Waals surface area contributed by atoms with E-state index in [1.54, 1.807) is 25.1 Å². The molecule has 16 heavy (non-hydrogen) atoms. The first-order valence-corrected chi connectivity index (χ1v) is 5.30.